The van der Waals surface area contributed by atoms with Crippen molar-refractivity contribution in [2.45, 2.75) is 20.0 Å². The van der Waals surface area contributed by atoms with Gasteiger partial charge < -0.3 is 10.0 Å². The van der Waals surface area contributed by atoms with Crippen molar-refractivity contribution in [3.63, 3.8) is 0 Å². The number of aliphatic hydroxyl groups is 1. The van der Waals surface area contributed by atoms with Crippen molar-refractivity contribution in [3.05, 3.63) is 29.3 Å². The monoisotopic (exact) mass is 253 g/mol. The van der Waals surface area contributed by atoms with Gasteiger partial charge in [-0.25, -0.2) is 0 Å². The van der Waals surface area contributed by atoms with Gasteiger partial charge in [0.2, 0.25) is 5.91 Å². The number of carbonyl (C=O) groups excluding carboxylic acids is 1. The van der Waals surface area contributed by atoms with Crippen LogP contribution in [0.4, 0.5) is 5.69 Å². The summed E-state index contributed by atoms with van der Waals surface area (Å²) in [6, 6.07) is 5.77. The number of aliphatic hydroxyl groups excluding tert-OH is 1. The second-order valence-corrected chi connectivity index (χ2v) is 4.83. The summed E-state index contributed by atoms with van der Waals surface area (Å²) < 4.78 is 0. The molecule has 4 heteroatoms. The van der Waals surface area contributed by atoms with Gasteiger partial charge in [-0.15, -0.1) is 11.6 Å². The van der Waals surface area contributed by atoms with Crippen molar-refractivity contribution in [1.29, 1.82) is 0 Å². The topological polar surface area (TPSA) is 40.5 Å². The molecule has 1 amide bonds. The lowest BCUT2D eigenvalue weighted by molar-refractivity contribution is -0.117. The third-order valence-corrected chi connectivity index (χ3v) is 3.56. The molecule has 1 heterocycles. The number of rotatable bonds is 3. The molecule has 0 aromatic heterocycles. The fraction of sp³-hybridized carbons (Fsp3) is 0.462. The van der Waals surface area contributed by atoms with E-state index in [-0.39, 0.29) is 18.4 Å². The molecule has 1 atom stereocenters. The zero-order valence-electron chi connectivity index (χ0n) is 9.82. The van der Waals surface area contributed by atoms with Crippen molar-refractivity contribution in [1.82, 2.24) is 0 Å². The molecule has 92 valence electrons. The summed E-state index contributed by atoms with van der Waals surface area (Å²) in [5.74, 6) is 0.814. The highest BCUT2D eigenvalue weighted by Crippen LogP contribution is 2.29. The Hall–Kier alpha value is -1.06. The van der Waals surface area contributed by atoms with Gasteiger partial charge in [0.25, 0.3) is 0 Å². The summed E-state index contributed by atoms with van der Waals surface area (Å²) in [4.78, 5) is 13.6. The van der Waals surface area contributed by atoms with Crippen molar-refractivity contribution in [2.24, 2.45) is 5.92 Å². The fourth-order valence-corrected chi connectivity index (χ4v) is 2.43. The average Bonchev–Trinajstić information content (AvgIpc) is 2.70. The van der Waals surface area contributed by atoms with Crippen LogP contribution in [0.25, 0.3) is 0 Å². The number of alkyl halides is 1. The smallest absolute Gasteiger partial charge is 0.227 e. The van der Waals surface area contributed by atoms with Gasteiger partial charge in [-0.1, -0.05) is 17.7 Å². The van der Waals surface area contributed by atoms with E-state index in [1.54, 1.807) is 4.90 Å². The molecule has 0 aliphatic carbocycles. The zero-order chi connectivity index (χ0) is 12.4. The Morgan fingerprint density at radius 1 is 1.53 bits per heavy atom. The maximum Gasteiger partial charge on any atom is 0.227 e. The number of amides is 1. The number of hydrogen-bond acceptors (Lipinski definition) is 2. The SMILES string of the molecule is Cc1ccc(N2CC(CCl)CC2=O)c(CO)c1. The number of halogens is 1. The van der Waals surface area contributed by atoms with Crippen LogP contribution in [0.1, 0.15) is 17.5 Å². The van der Waals surface area contributed by atoms with Crippen LogP contribution in [0.15, 0.2) is 18.2 Å². The first-order valence-electron chi connectivity index (χ1n) is 5.72. The molecule has 1 aromatic carbocycles. The minimum Gasteiger partial charge on any atom is -0.392 e. The van der Waals surface area contributed by atoms with Gasteiger partial charge in [-0.2, -0.15) is 0 Å². The molecule has 0 saturated carbocycles. The van der Waals surface area contributed by atoms with E-state index in [2.05, 4.69) is 0 Å². The lowest BCUT2D eigenvalue weighted by atomic mass is 10.1. The van der Waals surface area contributed by atoms with E-state index in [0.717, 1.165) is 16.8 Å². The van der Waals surface area contributed by atoms with Crippen molar-refractivity contribution in [2.75, 3.05) is 17.3 Å². The number of nitrogens with zero attached hydrogens (tertiary/aromatic N) is 1. The van der Waals surface area contributed by atoms with Crippen LogP contribution in [-0.2, 0) is 11.4 Å². The second kappa shape index (κ2) is 5.07. The highest BCUT2D eigenvalue weighted by Gasteiger charge is 2.30. The zero-order valence-corrected chi connectivity index (χ0v) is 10.6. The largest absolute Gasteiger partial charge is 0.392 e. The van der Waals surface area contributed by atoms with E-state index >= 15 is 0 Å². The third-order valence-electron chi connectivity index (χ3n) is 3.12. The predicted octanol–water partition coefficient (Wildman–Crippen LogP) is 2.08. The highest BCUT2D eigenvalue weighted by atomic mass is 35.5. The Morgan fingerprint density at radius 2 is 2.29 bits per heavy atom. The van der Waals surface area contributed by atoms with Crippen molar-refractivity contribution in [3.8, 4) is 0 Å². The molecule has 17 heavy (non-hydrogen) atoms. The quantitative estimate of drug-likeness (QED) is 0.838. The number of carbonyl (C=O) groups is 1. The summed E-state index contributed by atoms with van der Waals surface area (Å²) in [6.07, 6.45) is 0.502. The van der Waals surface area contributed by atoms with Gasteiger partial charge >= 0.3 is 0 Å². The lowest BCUT2D eigenvalue weighted by Crippen LogP contribution is -2.25. The molecule has 0 radical (unpaired) electrons. The highest BCUT2D eigenvalue weighted by molar-refractivity contribution is 6.18. The van der Waals surface area contributed by atoms with E-state index < -0.39 is 0 Å². The van der Waals surface area contributed by atoms with Gasteiger partial charge in [0.15, 0.2) is 0 Å². The number of aryl methyl sites for hydroxylation is 1. The van der Waals surface area contributed by atoms with Crippen molar-refractivity contribution >= 4 is 23.2 Å². The molecular formula is C13H16ClNO2. The Kier molecular flexibility index (Phi) is 3.69. The van der Waals surface area contributed by atoms with Crippen LogP contribution >= 0.6 is 11.6 Å². The van der Waals surface area contributed by atoms with E-state index in [1.807, 2.05) is 25.1 Å². The van der Waals surface area contributed by atoms with Crippen LogP contribution in [0.5, 0.6) is 0 Å². The molecule has 1 N–H and O–H groups in total. The maximum atomic E-state index is 11.9. The summed E-state index contributed by atoms with van der Waals surface area (Å²) in [5, 5.41) is 9.35. The summed E-state index contributed by atoms with van der Waals surface area (Å²) in [5.41, 5.74) is 2.70. The molecule has 0 spiro atoms. The van der Waals surface area contributed by atoms with E-state index in [9.17, 15) is 9.90 Å². The predicted molar refractivity (Wildman–Crippen MR) is 68.3 cm³/mol. The molecular weight excluding hydrogens is 238 g/mol. The Morgan fingerprint density at radius 3 is 2.88 bits per heavy atom. The third kappa shape index (κ3) is 2.45. The number of hydrogen-bond donors (Lipinski definition) is 1. The van der Waals surface area contributed by atoms with Crippen LogP contribution in [0.3, 0.4) is 0 Å². The van der Waals surface area contributed by atoms with Gasteiger partial charge in [0, 0.05) is 30.1 Å². The molecule has 1 saturated heterocycles. The van der Waals surface area contributed by atoms with Crippen LogP contribution < -0.4 is 4.90 Å². The molecule has 1 aliphatic rings. The molecule has 0 bridgehead atoms. The average molecular weight is 254 g/mol. The van der Waals surface area contributed by atoms with Gasteiger partial charge in [0.05, 0.1) is 6.61 Å². The summed E-state index contributed by atoms with van der Waals surface area (Å²) in [6.45, 7) is 2.57. The first-order valence-corrected chi connectivity index (χ1v) is 6.26. The van der Waals surface area contributed by atoms with Crippen LogP contribution in [0.2, 0.25) is 0 Å². The number of benzene rings is 1. The Bertz CT molecular complexity index is 433. The maximum absolute atomic E-state index is 11.9. The number of anilines is 1. The van der Waals surface area contributed by atoms with Crippen molar-refractivity contribution < 1.29 is 9.90 Å². The Balaban J connectivity index is 2.31. The van der Waals surface area contributed by atoms with E-state index in [4.69, 9.17) is 11.6 Å². The first kappa shape index (κ1) is 12.4. The van der Waals surface area contributed by atoms with Crippen LogP contribution in [-0.4, -0.2) is 23.4 Å². The molecule has 1 aromatic rings. The van der Waals surface area contributed by atoms with Crippen LogP contribution in [0, 0.1) is 12.8 Å². The minimum absolute atomic E-state index is 0.0493. The summed E-state index contributed by atoms with van der Waals surface area (Å²) >= 11 is 5.80. The Labute approximate surface area is 106 Å². The first-order chi connectivity index (χ1) is 8.15. The van der Waals surface area contributed by atoms with E-state index in [1.165, 1.54) is 0 Å². The molecule has 1 fully saturated rings. The molecule has 3 nitrogen and oxygen atoms in total. The van der Waals surface area contributed by atoms with Gasteiger partial charge in [-0.3, -0.25) is 4.79 Å². The lowest BCUT2D eigenvalue weighted by Gasteiger charge is -2.20. The molecule has 1 aliphatic heterocycles. The minimum atomic E-state index is -0.0493. The normalized spacial score (nSPS) is 20.1. The van der Waals surface area contributed by atoms with Gasteiger partial charge in [-0.05, 0) is 18.9 Å². The fourth-order valence-electron chi connectivity index (χ4n) is 2.22. The van der Waals surface area contributed by atoms with Gasteiger partial charge in [0.1, 0.15) is 0 Å². The molecule has 2 rings (SSSR count). The standard InChI is InChI=1S/C13H16ClNO2/c1-9-2-3-12(11(4-9)8-16)15-7-10(6-14)5-13(15)17/h2-4,10,16H,5-8H2,1H3. The summed E-state index contributed by atoms with van der Waals surface area (Å²) in [7, 11) is 0. The molecule has 1 unspecified atom stereocenters. The van der Waals surface area contributed by atoms with E-state index in [0.29, 0.717) is 18.8 Å². The second-order valence-electron chi connectivity index (χ2n) is 4.52.